The minimum atomic E-state index is 1.09. The number of aryl methyl sites for hydroxylation is 4. The van der Waals surface area contributed by atoms with Crippen molar-refractivity contribution in [1.82, 2.24) is 9.97 Å². The Morgan fingerprint density at radius 2 is 1.52 bits per heavy atom. The molecule has 0 bridgehead atoms. The topological polar surface area (TPSA) is 39.3 Å². The van der Waals surface area contributed by atoms with Gasteiger partial charge < -0.3 is 0 Å². The molecule has 0 amide bonds. The van der Waals surface area contributed by atoms with Gasteiger partial charge in [0.25, 0.3) is 11.6 Å². The summed E-state index contributed by atoms with van der Waals surface area (Å²) in [4.78, 5) is 6.52. The molecule has 2 heterocycles. The maximum atomic E-state index is 3.30. The minimum Gasteiger partial charge on any atom is -0.248 e. The molecular formula is C19H36N4+2. The van der Waals surface area contributed by atoms with Crippen LogP contribution in [-0.2, 0) is 25.9 Å². The molecule has 0 radical (unpaired) electrons. The van der Waals surface area contributed by atoms with E-state index in [1.165, 1.54) is 43.0 Å². The molecule has 0 saturated carbocycles. The lowest BCUT2D eigenvalue weighted by Gasteiger charge is -1.99. The first kappa shape index (κ1) is 19.5. The molecule has 0 unspecified atom stereocenters. The van der Waals surface area contributed by atoms with Crippen molar-refractivity contribution in [2.24, 2.45) is 0 Å². The van der Waals surface area contributed by atoms with E-state index in [-0.39, 0.29) is 0 Å². The SMILES string of the molecule is CCCC[n+]1c(C)c[nH]c1CC.CCCC[n+]1cc[nH]c1CC. The molecule has 4 nitrogen and oxygen atoms in total. The molecule has 0 aliphatic carbocycles. The van der Waals surface area contributed by atoms with Crippen molar-refractivity contribution >= 4 is 0 Å². The van der Waals surface area contributed by atoms with Gasteiger partial charge in [0.05, 0.1) is 13.1 Å². The zero-order valence-corrected chi connectivity index (χ0v) is 15.8. The summed E-state index contributed by atoms with van der Waals surface area (Å²) in [6.07, 6.45) is 13.5. The van der Waals surface area contributed by atoms with Crippen LogP contribution in [0.25, 0.3) is 0 Å². The molecule has 0 fully saturated rings. The van der Waals surface area contributed by atoms with Gasteiger partial charge in [0.15, 0.2) is 0 Å². The van der Waals surface area contributed by atoms with Crippen LogP contribution in [0.3, 0.4) is 0 Å². The molecule has 0 aliphatic heterocycles. The van der Waals surface area contributed by atoms with Crippen molar-refractivity contribution in [2.45, 2.75) is 86.2 Å². The zero-order chi connectivity index (χ0) is 17.1. The average molecular weight is 321 g/mol. The fourth-order valence-corrected chi connectivity index (χ4v) is 2.72. The van der Waals surface area contributed by atoms with E-state index in [1.807, 2.05) is 6.20 Å². The molecule has 2 rings (SSSR count). The molecule has 23 heavy (non-hydrogen) atoms. The van der Waals surface area contributed by atoms with Gasteiger partial charge in [-0.15, -0.1) is 0 Å². The fourth-order valence-electron chi connectivity index (χ4n) is 2.72. The molecule has 2 N–H and O–H groups in total. The van der Waals surface area contributed by atoms with Gasteiger partial charge in [-0.05, 0) is 12.8 Å². The Bertz CT molecular complexity index is 539. The maximum absolute atomic E-state index is 3.30. The summed E-state index contributed by atoms with van der Waals surface area (Å²) >= 11 is 0. The number of hydrogen-bond acceptors (Lipinski definition) is 0. The van der Waals surface area contributed by atoms with Crippen molar-refractivity contribution < 1.29 is 9.13 Å². The number of H-pyrrole nitrogens is 2. The Morgan fingerprint density at radius 3 is 2.13 bits per heavy atom. The Hall–Kier alpha value is -1.58. The quantitative estimate of drug-likeness (QED) is 0.697. The number of nitrogens with zero attached hydrogens (tertiary/aromatic N) is 2. The third kappa shape index (κ3) is 6.20. The molecule has 0 aromatic carbocycles. The van der Waals surface area contributed by atoms with Crippen LogP contribution in [0.1, 0.15) is 70.7 Å². The van der Waals surface area contributed by atoms with Crippen molar-refractivity contribution in [1.29, 1.82) is 0 Å². The number of rotatable bonds is 8. The summed E-state index contributed by atoms with van der Waals surface area (Å²) in [5, 5.41) is 0. The second-order valence-electron chi connectivity index (χ2n) is 6.04. The highest BCUT2D eigenvalue weighted by atomic mass is 15.1. The van der Waals surface area contributed by atoms with Crippen LogP contribution in [0, 0.1) is 6.92 Å². The van der Waals surface area contributed by atoms with E-state index < -0.39 is 0 Å². The lowest BCUT2D eigenvalue weighted by Crippen LogP contribution is -2.38. The third-order valence-electron chi connectivity index (χ3n) is 4.21. The molecule has 0 spiro atoms. The van der Waals surface area contributed by atoms with Gasteiger partial charge in [0.1, 0.15) is 24.3 Å². The van der Waals surface area contributed by atoms with Gasteiger partial charge in [-0.3, -0.25) is 0 Å². The lowest BCUT2D eigenvalue weighted by atomic mass is 10.3. The van der Waals surface area contributed by atoms with E-state index in [9.17, 15) is 0 Å². The standard InChI is InChI=1S/C10H18N2.C9H16N2/c1-4-6-7-12-9(3)8-11-10(12)5-2;1-3-5-7-11-8-6-10-9(11)4-2/h8H,4-7H2,1-3H3;6,8H,3-5,7H2,1-2H3/p+2. The molecule has 130 valence electrons. The van der Waals surface area contributed by atoms with E-state index in [0.717, 1.165) is 25.9 Å². The van der Waals surface area contributed by atoms with Gasteiger partial charge in [-0.1, -0.05) is 40.5 Å². The van der Waals surface area contributed by atoms with E-state index >= 15 is 0 Å². The molecule has 2 aromatic heterocycles. The lowest BCUT2D eigenvalue weighted by molar-refractivity contribution is -0.708. The van der Waals surface area contributed by atoms with Crippen LogP contribution in [0.15, 0.2) is 18.6 Å². The smallest absolute Gasteiger partial charge is 0.248 e. The third-order valence-corrected chi connectivity index (χ3v) is 4.21. The molecule has 4 heteroatoms. The Labute approximate surface area is 142 Å². The fraction of sp³-hybridized carbons (Fsp3) is 0.684. The number of hydrogen-bond donors (Lipinski definition) is 2. The molecule has 0 atom stereocenters. The van der Waals surface area contributed by atoms with Crippen LogP contribution >= 0.6 is 0 Å². The van der Waals surface area contributed by atoms with E-state index in [1.54, 1.807) is 0 Å². The highest BCUT2D eigenvalue weighted by Gasteiger charge is 2.11. The maximum Gasteiger partial charge on any atom is 0.254 e. The summed E-state index contributed by atoms with van der Waals surface area (Å²) in [5.41, 5.74) is 1.35. The van der Waals surface area contributed by atoms with Crippen LogP contribution in [-0.4, -0.2) is 9.97 Å². The largest absolute Gasteiger partial charge is 0.254 e. The van der Waals surface area contributed by atoms with Crippen molar-refractivity contribution in [3.05, 3.63) is 35.9 Å². The minimum absolute atomic E-state index is 1.09. The molecule has 0 aliphatic rings. The van der Waals surface area contributed by atoms with Gasteiger partial charge in [0, 0.05) is 19.8 Å². The van der Waals surface area contributed by atoms with E-state index in [0.29, 0.717) is 0 Å². The van der Waals surface area contributed by atoms with Gasteiger partial charge in [-0.2, -0.15) is 0 Å². The predicted octanol–water partition coefficient (Wildman–Crippen LogP) is 3.64. The van der Waals surface area contributed by atoms with Gasteiger partial charge in [0.2, 0.25) is 0 Å². The molecular weight excluding hydrogens is 284 g/mol. The number of aromatic amines is 2. The van der Waals surface area contributed by atoms with Crippen molar-refractivity contribution in [2.75, 3.05) is 0 Å². The number of unbranched alkanes of at least 4 members (excludes halogenated alkanes) is 2. The number of aromatic nitrogens is 4. The van der Waals surface area contributed by atoms with Crippen molar-refractivity contribution in [3.8, 4) is 0 Å². The first-order valence-electron chi connectivity index (χ1n) is 9.30. The van der Waals surface area contributed by atoms with Crippen LogP contribution in [0.5, 0.6) is 0 Å². The van der Waals surface area contributed by atoms with Crippen molar-refractivity contribution in [3.63, 3.8) is 0 Å². The van der Waals surface area contributed by atoms with Gasteiger partial charge >= 0.3 is 0 Å². The number of nitrogens with one attached hydrogen (secondary N) is 2. The van der Waals surface area contributed by atoms with Gasteiger partial charge in [-0.25, -0.2) is 19.1 Å². The highest BCUT2D eigenvalue weighted by molar-refractivity contribution is 4.87. The van der Waals surface area contributed by atoms with Crippen LogP contribution < -0.4 is 9.13 Å². The Morgan fingerprint density at radius 1 is 0.870 bits per heavy atom. The molecule has 0 saturated heterocycles. The van der Waals surface area contributed by atoms with E-state index in [4.69, 9.17) is 0 Å². The summed E-state index contributed by atoms with van der Waals surface area (Å²) in [6.45, 7) is 13.3. The second-order valence-corrected chi connectivity index (χ2v) is 6.04. The van der Waals surface area contributed by atoms with Crippen LogP contribution in [0.4, 0.5) is 0 Å². The van der Waals surface area contributed by atoms with E-state index in [2.05, 4.69) is 66.1 Å². The highest BCUT2D eigenvalue weighted by Crippen LogP contribution is 1.96. The number of imidazole rings is 2. The average Bonchev–Trinajstić information content (AvgIpc) is 3.17. The summed E-state index contributed by atoms with van der Waals surface area (Å²) < 4.78 is 4.67. The summed E-state index contributed by atoms with van der Waals surface area (Å²) in [5.74, 6) is 2.68. The second kappa shape index (κ2) is 11.0. The predicted molar refractivity (Wildman–Crippen MR) is 95.3 cm³/mol. The normalized spacial score (nSPS) is 10.5. The first-order valence-corrected chi connectivity index (χ1v) is 9.30. The molecule has 2 aromatic rings. The Balaban J connectivity index is 0.000000231. The van der Waals surface area contributed by atoms with Crippen LogP contribution in [0.2, 0.25) is 0 Å². The first-order chi connectivity index (χ1) is 11.2. The monoisotopic (exact) mass is 320 g/mol. The Kier molecular flexibility index (Phi) is 9.34. The summed E-state index contributed by atoms with van der Waals surface area (Å²) in [7, 11) is 0. The zero-order valence-electron chi connectivity index (χ0n) is 15.8. The summed E-state index contributed by atoms with van der Waals surface area (Å²) in [6, 6.07) is 0.